The lowest BCUT2D eigenvalue weighted by Crippen LogP contribution is -2.31. The van der Waals surface area contributed by atoms with E-state index in [1.807, 2.05) is 12.1 Å². The van der Waals surface area contributed by atoms with Gasteiger partial charge in [-0.05, 0) is 12.1 Å². The first-order chi connectivity index (χ1) is 29.1. The summed E-state index contributed by atoms with van der Waals surface area (Å²) in [7, 11) is -8.56. The fourth-order valence-electron chi connectivity index (χ4n) is 6.98. The van der Waals surface area contributed by atoms with E-state index in [4.69, 9.17) is 27.6 Å². The molecule has 4 aromatic heterocycles. The summed E-state index contributed by atoms with van der Waals surface area (Å²) in [6.45, 7) is 1.77. The Bertz CT molecular complexity index is 2570. The van der Waals surface area contributed by atoms with Crippen LogP contribution < -0.4 is 10.9 Å². The Morgan fingerprint density at radius 3 is 2.17 bits per heavy atom. The lowest BCUT2D eigenvalue weighted by Gasteiger charge is -2.30. The van der Waals surface area contributed by atoms with Crippen LogP contribution in [-0.4, -0.2) is 107 Å². The highest BCUT2D eigenvalue weighted by Crippen LogP contribution is 2.63. The molecule has 0 spiro atoms. The van der Waals surface area contributed by atoms with E-state index >= 15 is 0 Å². The summed E-state index contributed by atoms with van der Waals surface area (Å²) in [5, 5.41) is 31.7. The van der Waals surface area contributed by atoms with Gasteiger partial charge >= 0.3 is 15.2 Å². The first kappa shape index (κ1) is 42.6. The second kappa shape index (κ2) is 18.8. The molecule has 7 rings (SSSR count). The first-order valence-electron chi connectivity index (χ1n) is 18.6. The maximum Gasteiger partial charge on any atom is 0.336 e. The second-order valence-corrected chi connectivity index (χ2v) is 17.9. The zero-order valence-corrected chi connectivity index (χ0v) is 33.5. The van der Waals surface area contributed by atoms with E-state index in [9.17, 15) is 34.3 Å². The van der Waals surface area contributed by atoms with Gasteiger partial charge in [0.05, 0.1) is 101 Å². The number of benzene rings is 1. The molecule has 2 saturated heterocycles. The molecule has 22 nitrogen and oxygen atoms in total. The van der Waals surface area contributed by atoms with E-state index in [1.54, 1.807) is 34.9 Å². The van der Waals surface area contributed by atoms with Crippen molar-refractivity contribution in [1.29, 1.82) is 10.5 Å². The average Bonchev–Trinajstić information content (AvgIpc) is 4.08. The van der Waals surface area contributed by atoms with Crippen molar-refractivity contribution in [1.82, 2.24) is 39.0 Å². The fraction of sp³-hybridized carbons (Fsp3) is 0.417. The molecule has 0 radical (unpaired) electrons. The van der Waals surface area contributed by atoms with Gasteiger partial charge in [0.15, 0.2) is 28.1 Å². The monoisotopic (exact) mass is 863 g/mol. The van der Waals surface area contributed by atoms with Crippen LogP contribution in [0.15, 0.2) is 73.1 Å². The molecule has 2 aliphatic heterocycles. The van der Waals surface area contributed by atoms with Gasteiger partial charge in [-0.15, -0.1) is 6.58 Å². The molecule has 6 unspecified atom stereocenters. The number of fused-ring (bicyclic) bond motifs is 2. The number of aromatic amines is 1. The Balaban J connectivity index is 1.19. The smallest absolute Gasteiger partial charge is 0.336 e. The van der Waals surface area contributed by atoms with Crippen molar-refractivity contribution < 1.29 is 46.6 Å². The SMILES string of the molecule is C=CCOP(=O)(OCCC#N)[C@H]1CC(n2cnc3c(NC(=O)c4ccccc4)ncnc32)OC1COP(=O)(OCCC#N)[C@H]1CC(n2cnc3c(=O)[nH]cnc32)OC1CO. The highest BCUT2D eigenvalue weighted by molar-refractivity contribution is 7.55. The summed E-state index contributed by atoms with van der Waals surface area (Å²) in [6.07, 6.45) is 2.02. The number of anilines is 1. The van der Waals surface area contributed by atoms with Crippen molar-refractivity contribution >= 4 is 49.2 Å². The lowest BCUT2D eigenvalue weighted by molar-refractivity contribution is -0.0263. The molecule has 24 heteroatoms. The number of nitrogens with one attached hydrogen (secondary N) is 2. The Kier molecular flexibility index (Phi) is 13.4. The van der Waals surface area contributed by atoms with E-state index in [2.05, 4.69) is 41.8 Å². The zero-order chi connectivity index (χ0) is 42.3. The van der Waals surface area contributed by atoms with Gasteiger partial charge in [0.25, 0.3) is 11.5 Å². The minimum atomic E-state index is -4.37. The maximum atomic E-state index is 15.0. The first-order valence-corrected chi connectivity index (χ1v) is 21.8. The molecule has 1 amide bonds. The third-order valence-electron chi connectivity index (χ3n) is 9.77. The van der Waals surface area contributed by atoms with E-state index in [0.717, 1.165) is 0 Å². The molecule has 0 bridgehead atoms. The number of imidazole rings is 2. The average molecular weight is 864 g/mol. The van der Waals surface area contributed by atoms with Crippen LogP contribution in [0.2, 0.25) is 0 Å². The molecule has 2 aliphatic rings. The minimum absolute atomic E-state index is 0.0409. The molecule has 0 saturated carbocycles. The van der Waals surface area contributed by atoms with E-state index in [-0.39, 0.29) is 73.6 Å². The quantitative estimate of drug-likeness (QED) is 0.0601. The highest BCUT2D eigenvalue weighted by atomic mass is 31.2. The molecule has 314 valence electrons. The third kappa shape index (κ3) is 8.84. The molecule has 1 aromatic carbocycles. The number of aliphatic hydroxyl groups is 1. The number of aromatic nitrogens is 8. The van der Waals surface area contributed by atoms with Gasteiger partial charge < -0.3 is 43.0 Å². The number of hydrogen-bond donors (Lipinski definition) is 3. The van der Waals surface area contributed by atoms with Crippen molar-refractivity contribution in [3.8, 4) is 12.1 Å². The largest absolute Gasteiger partial charge is 0.394 e. The van der Waals surface area contributed by atoms with Gasteiger partial charge in [0.1, 0.15) is 18.8 Å². The van der Waals surface area contributed by atoms with Crippen molar-refractivity contribution in [2.24, 2.45) is 0 Å². The predicted molar refractivity (Wildman–Crippen MR) is 209 cm³/mol. The van der Waals surface area contributed by atoms with Gasteiger partial charge in [0.2, 0.25) is 0 Å². The Hall–Kier alpha value is -5.51. The van der Waals surface area contributed by atoms with Crippen LogP contribution in [0.25, 0.3) is 22.3 Å². The molecular weight excluding hydrogens is 824 g/mol. The number of nitriles is 2. The number of hydrogen-bond acceptors (Lipinski definition) is 18. The fourth-order valence-corrected chi connectivity index (χ4v) is 11.3. The van der Waals surface area contributed by atoms with E-state index in [0.29, 0.717) is 5.56 Å². The third-order valence-corrected chi connectivity index (χ3v) is 14.6. The number of nitrogens with zero attached hydrogens (tertiary/aromatic N) is 9. The summed E-state index contributed by atoms with van der Waals surface area (Å²) in [5.74, 6) is -0.303. The number of rotatable bonds is 19. The molecule has 5 aromatic rings. The van der Waals surface area contributed by atoms with Crippen molar-refractivity contribution in [3.63, 3.8) is 0 Å². The van der Waals surface area contributed by atoms with Crippen LogP contribution in [0.4, 0.5) is 5.82 Å². The maximum absolute atomic E-state index is 15.0. The predicted octanol–water partition coefficient (Wildman–Crippen LogP) is 3.98. The number of H-pyrrole nitrogens is 1. The standard InChI is InChI=1S/C36H39N11O11P2/c1-2-12-53-59(51,54-13-6-10-37)27-16-29(46-21-43-30-32(39-19-40-33(30)46)45-35(49)23-8-4-3-5-9-23)58-25(27)18-56-60(52,55-14-7-11-38)26-15-28(57-24(26)17-48)47-22-44-31-34(47)41-20-42-36(31)50/h2-5,8-9,19-22,24-29,48H,1,6-7,12-18H2,(H,41,42,50)(H,39,40,45,49)/t24?,25?,26-,27-,28?,29?,59?,60?/m0/s1. The van der Waals surface area contributed by atoms with Crippen LogP contribution in [0.5, 0.6) is 0 Å². The van der Waals surface area contributed by atoms with Crippen LogP contribution in [0, 0.1) is 22.7 Å². The van der Waals surface area contributed by atoms with Crippen molar-refractivity contribution in [3.05, 3.63) is 84.2 Å². The molecule has 3 N–H and O–H groups in total. The Morgan fingerprint density at radius 1 is 0.900 bits per heavy atom. The molecular formula is C36H39N11O11P2. The summed E-state index contributed by atoms with van der Waals surface area (Å²) in [6, 6.07) is 12.4. The van der Waals surface area contributed by atoms with Crippen LogP contribution in [0.3, 0.4) is 0 Å². The number of carbonyl (C=O) groups excluding carboxylic acids is 1. The number of ether oxygens (including phenoxy) is 2. The molecule has 6 heterocycles. The summed E-state index contributed by atoms with van der Waals surface area (Å²) < 4.78 is 68.8. The van der Waals surface area contributed by atoms with Crippen LogP contribution >= 0.6 is 15.2 Å². The van der Waals surface area contributed by atoms with Crippen molar-refractivity contribution in [2.75, 3.05) is 38.4 Å². The number of amides is 1. The normalized spacial score (nSPS) is 23.4. The zero-order valence-electron chi connectivity index (χ0n) is 31.8. The van der Waals surface area contributed by atoms with Gasteiger partial charge in [-0.25, -0.2) is 24.9 Å². The van der Waals surface area contributed by atoms with Gasteiger partial charge in [0, 0.05) is 18.4 Å². The van der Waals surface area contributed by atoms with Gasteiger partial charge in [-0.2, -0.15) is 10.5 Å². The number of aliphatic hydroxyl groups excluding tert-OH is 1. The van der Waals surface area contributed by atoms with Gasteiger partial charge in [-0.1, -0.05) is 24.3 Å². The minimum Gasteiger partial charge on any atom is -0.394 e. The molecule has 60 heavy (non-hydrogen) atoms. The summed E-state index contributed by atoms with van der Waals surface area (Å²) >= 11 is 0. The number of carbonyl (C=O) groups is 1. The Labute approximate surface area is 341 Å². The summed E-state index contributed by atoms with van der Waals surface area (Å²) in [5.41, 5.74) is -1.61. The molecule has 0 aliphatic carbocycles. The van der Waals surface area contributed by atoms with Crippen molar-refractivity contribution in [2.45, 2.75) is 61.7 Å². The summed E-state index contributed by atoms with van der Waals surface area (Å²) in [4.78, 5) is 49.2. The van der Waals surface area contributed by atoms with Crippen LogP contribution in [-0.2, 0) is 36.7 Å². The Morgan fingerprint density at radius 2 is 1.52 bits per heavy atom. The highest BCUT2D eigenvalue weighted by Gasteiger charge is 2.53. The van der Waals surface area contributed by atoms with Gasteiger partial charge in [-0.3, -0.25) is 27.9 Å². The molecule has 8 atom stereocenters. The second-order valence-electron chi connectivity index (χ2n) is 13.4. The van der Waals surface area contributed by atoms with E-state index in [1.165, 1.54) is 36.0 Å². The topological polar surface area (TPSA) is 294 Å². The lowest BCUT2D eigenvalue weighted by atomic mass is 10.2. The van der Waals surface area contributed by atoms with Crippen LogP contribution in [0.1, 0.15) is 48.5 Å². The van der Waals surface area contributed by atoms with E-state index < -0.39 is 75.9 Å². The molecule has 2 fully saturated rings.